The molecule has 2 aromatic carbocycles. The number of piperazine rings is 1. The summed E-state index contributed by atoms with van der Waals surface area (Å²) in [6.45, 7) is 3.46. The van der Waals surface area contributed by atoms with Crippen LogP contribution in [0.2, 0.25) is 0 Å². The maximum absolute atomic E-state index is 14.3. The zero-order valence-electron chi connectivity index (χ0n) is 15.4. The van der Waals surface area contributed by atoms with Crippen LogP contribution < -0.4 is 10.6 Å². The summed E-state index contributed by atoms with van der Waals surface area (Å²) in [5, 5.41) is 0. The predicted molar refractivity (Wildman–Crippen MR) is 103 cm³/mol. The maximum atomic E-state index is 14.3. The SMILES string of the molecule is CC(=O)c1ccc(N2CCN(C(=O)C(N)Cc3ccccc3)CC2)c(F)c1. The zero-order valence-corrected chi connectivity index (χ0v) is 15.4. The second-order valence-corrected chi connectivity index (χ2v) is 6.83. The first-order valence-electron chi connectivity index (χ1n) is 9.09. The quantitative estimate of drug-likeness (QED) is 0.821. The van der Waals surface area contributed by atoms with Crippen LogP contribution >= 0.6 is 0 Å². The lowest BCUT2D eigenvalue weighted by atomic mass is 10.1. The van der Waals surface area contributed by atoms with Crippen molar-refractivity contribution >= 4 is 17.4 Å². The molecule has 1 saturated heterocycles. The molecular formula is C21H24FN3O2. The number of anilines is 1. The van der Waals surface area contributed by atoms with Gasteiger partial charge in [0.2, 0.25) is 5.91 Å². The molecule has 27 heavy (non-hydrogen) atoms. The monoisotopic (exact) mass is 369 g/mol. The van der Waals surface area contributed by atoms with E-state index in [0.29, 0.717) is 43.9 Å². The molecule has 1 aliphatic heterocycles. The second kappa shape index (κ2) is 8.31. The minimum Gasteiger partial charge on any atom is -0.366 e. The Hall–Kier alpha value is -2.73. The largest absolute Gasteiger partial charge is 0.366 e. The molecule has 0 radical (unpaired) electrons. The fourth-order valence-corrected chi connectivity index (χ4v) is 3.34. The Labute approximate surface area is 158 Å². The Balaban J connectivity index is 1.58. The van der Waals surface area contributed by atoms with Gasteiger partial charge in [-0.15, -0.1) is 0 Å². The Bertz CT molecular complexity index is 817. The summed E-state index contributed by atoms with van der Waals surface area (Å²) in [6, 6.07) is 13.7. The fraction of sp³-hybridized carbons (Fsp3) is 0.333. The number of rotatable bonds is 5. The molecule has 1 fully saturated rings. The number of nitrogens with zero attached hydrogens (tertiary/aromatic N) is 2. The molecule has 1 atom stereocenters. The minimum atomic E-state index is -0.578. The molecule has 5 nitrogen and oxygen atoms in total. The first-order chi connectivity index (χ1) is 13.0. The van der Waals surface area contributed by atoms with Crippen molar-refractivity contribution < 1.29 is 14.0 Å². The van der Waals surface area contributed by atoms with Crippen molar-refractivity contribution in [2.45, 2.75) is 19.4 Å². The lowest BCUT2D eigenvalue weighted by molar-refractivity contribution is -0.132. The molecule has 0 aromatic heterocycles. The molecule has 6 heteroatoms. The summed E-state index contributed by atoms with van der Waals surface area (Å²) in [5.74, 6) is -0.655. The first kappa shape index (κ1) is 19.0. The standard InChI is InChI=1S/C21H24FN3O2/c1-15(26)17-7-8-20(18(22)14-17)24-9-11-25(12-10-24)21(27)19(23)13-16-5-3-2-4-6-16/h2-8,14,19H,9-13,23H2,1H3. The van der Waals surface area contributed by atoms with Gasteiger partial charge in [0.1, 0.15) is 5.82 Å². The lowest BCUT2D eigenvalue weighted by Gasteiger charge is -2.37. The van der Waals surface area contributed by atoms with E-state index < -0.39 is 11.9 Å². The summed E-state index contributed by atoms with van der Waals surface area (Å²) in [5.41, 5.74) is 7.95. The average Bonchev–Trinajstić information content (AvgIpc) is 2.68. The van der Waals surface area contributed by atoms with E-state index in [1.807, 2.05) is 35.2 Å². The van der Waals surface area contributed by atoms with Crippen LogP contribution in [0.1, 0.15) is 22.8 Å². The number of carbonyl (C=O) groups excluding carboxylic acids is 2. The second-order valence-electron chi connectivity index (χ2n) is 6.83. The van der Waals surface area contributed by atoms with Gasteiger partial charge in [0, 0.05) is 31.7 Å². The van der Waals surface area contributed by atoms with E-state index >= 15 is 0 Å². The van der Waals surface area contributed by atoms with E-state index in [1.54, 1.807) is 17.0 Å². The van der Waals surface area contributed by atoms with Crippen LogP contribution in [0, 0.1) is 5.82 Å². The summed E-state index contributed by atoms with van der Waals surface area (Å²) in [7, 11) is 0. The summed E-state index contributed by atoms with van der Waals surface area (Å²) in [4.78, 5) is 27.6. The Kier molecular flexibility index (Phi) is 5.86. The Morgan fingerprint density at radius 3 is 2.33 bits per heavy atom. The third-order valence-corrected chi connectivity index (χ3v) is 4.90. The Morgan fingerprint density at radius 1 is 1.07 bits per heavy atom. The number of halogens is 1. The van der Waals surface area contributed by atoms with E-state index in [9.17, 15) is 14.0 Å². The molecule has 0 spiro atoms. The molecule has 142 valence electrons. The van der Waals surface area contributed by atoms with Crippen LogP contribution in [0.3, 0.4) is 0 Å². The van der Waals surface area contributed by atoms with Crippen molar-refractivity contribution in [3.8, 4) is 0 Å². The summed E-state index contributed by atoms with van der Waals surface area (Å²) >= 11 is 0. The number of nitrogens with two attached hydrogens (primary N) is 1. The molecule has 0 bridgehead atoms. The van der Waals surface area contributed by atoms with Gasteiger partial charge in [0.25, 0.3) is 0 Å². The molecule has 3 rings (SSSR count). The molecule has 1 heterocycles. The number of amides is 1. The van der Waals surface area contributed by atoms with Crippen molar-refractivity contribution in [1.29, 1.82) is 0 Å². The lowest BCUT2D eigenvalue weighted by Crippen LogP contribution is -2.53. The topological polar surface area (TPSA) is 66.6 Å². The number of hydrogen-bond acceptors (Lipinski definition) is 4. The van der Waals surface area contributed by atoms with E-state index in [1.165, 1.54) is 13.0 Å². The molecular weight excluding hydrogens is 345 g/mol. The van der Waals surface area contributed by atoms with Gasteiger partial charge in [0.05, 0.1) is 11.7 Å². The van der Waals surface area contributed by atoms with Gasteiger partial charge in [-0.05, 0) is 37.1 Å². The van der Waals surface area contributed by atoms with Crippen molar-refractivity contribution in [3.05, 3.63) is 65.5 Å². The highest BCUT2D eigenvalue weighted by molar-refractivity contribution is 5.94. The van der Waals surface area contributed by atoms with Crippen LogP contribution in [0.25, 0.3) is 0 Å². The number of benzene rings is 2. The molecule has 0 saturated carbocycles. The van der Waals surface area contributed by atoms with Gasteiger partial charge >= 0.3 is 0 Å². The van der Waals surface area contributed by atoms with Crippen molar-refractivity contribution in [2.75, 3.05) is 31.1 Å². The normalized spacial score (nSPS) is 15.5. The van der Waals surface area contributed by atoms with Crippen molar-refractivity contribution in [2.24, 2.45) is 5.73 Å². The van der Waals surface area contributed by atoms with Gasteiger partial charge in [0.15, 0.2) is 5.78 Å². The van der Waals surface area contributed by atoms with Crippen LogP contribution in [0.15, 0.2) is 48.5 Å². The van der Waals surface area contributed by atoms with Crippen LogP contribution in [0.5, 0.6) is 0 Å². The smallest absolute Gasteiger partial charge is 0.239 e. The summed E-state index contributed by atoms with van der Waals surface area (Å²) < 4.78 is 14.3. The third-order valence-electron chi connectivity index (χ3n) is 4.90. The fourth-order valence-electron chi connectivity index (χ4n) is 3.34. The van der Waals surface area contributed by atoms with E-state index in [4.69, 9.17) is 5.73 Å². The molecule has 1 aliphatic rings. The molecule has 0 aliphatic carbocycles. The van der Waals surface area contributed by atoms with Gasteiger partial charge < -0.3 is 15.5 Å². The molecule has 1 amide bonds. The maximum Gasteiger partial charge on any atom is 0.239 e. The number of carbonyl (C=O) groups is 2. The average molecular weight is 369 g/mol. The number of hydrogen-bond donors (Lipinski definition) is 1. The minimum absolute atomic E-state index is 0.0779. The Morgan fingerprint density at radius 2 is 1.74 bits per heavy atom. The zero-order chi connectivity index (χ0) is 19.4. The predicted octanol–water partition coefficient (Wildman–Crippen LogP) is 2.25. The highest BCUT2D eigenvalue weighted by atomic mass is 19.1. The van der Waals surface area contributed by atoms with E-state index in [0.717, 1.165) is 5.56 Å². The van der Waals surface area contributed by atoms with Gasteiger partial charge in [-0.3, -0.25) is 9.59 Å². The number of Topliss-reactive ketones (excluding diaryl/α,β-unsaturated/α-hetero) is 1. The van der Waals surface area contributed by atoms with Gasteiger partial charge in [-0.1, -0.05) is 30.3 Å². The van der Waals surface area contributed by atoms with Gasteiger partial charge in [-0.25, -0.2) is 4.39 Å². The van der Waals surface area contributed by atoms with Crippen LogP contribution in [0.4, 0.5) is 10.1 Å². The molecule has 2 N–H and O–H groups in total. The van der Waals surface area contributed by atoms with Crippen LogP contribution in [-0.4, -0.2) is 48.8 Å². The molecule has 1 unspecified atom stereocenters. The van der Waals surface area contributed by atoms with E-state index in [2.05, 4.69) is 0 Å². The van der Waals surface area contributed by atoms with E-state index in [-0.39, 0.29) is 11.7 Å². The highest BCUT2D eigenvalue weighted by Gasteiger charge is 2.26. The number of ketones is 1. The third kappa shape index (κ3) is 4.52. The molecule has 2 aromatic rings. The van der Waals surface area contributed by atoms with Gasteiger partial charge in [-0.2, -0.15) is 0 Å². The van der Waals surface area contributed by atoms with Crippen molar-refractivity contribution in [3.63, 3.8) is 0 Å². The summed E-state index contributed by atoms with van der Waals surface area (Å²) in [6.07, 6.45) is 0.501. The van der Waals surface area contributed by atoms with Crippen LogP contribution in [-0.2, 0) is 11.2 Å². The van der Waals surface area contributed by atoms with Crippen molar-refractivity contribution in [1.82, 2.24) is 4.90 Å². The first-order valence-corrected chi connectivity index (χ1v) is 9.09. The highest BCUT2D eigenvalue weighted by Crippen LogP contribution is 2.22.